The van der Waals surface area contributed by atoms with Crippen LogP contribution in [-0.2, 0) is 0 Å². The Labute approximate surface area is 78.1 Å². The molecule has 0 saturated carbocycles. The van der Waals surface area contributed by atoms with E-state index in [2.05, 4.69) is 0 Å². The Hall–Kier alpha value is -1.22. The average molecular weight is 181 g/mol. The zero-order valence-electron chi connectivity index (χ0n) is 7.95. The lowest BCUT2D eigenvalue weighted by Crippen LogP contribution is -2.27. The van der Waals surface area contributed by atoms with Crippen LogP contribution in [0.3, 0.4) is 0 Å². The van der Waals surface area contributed by atoms with Gasteiger partial charge in [0.05, 0.1) is 5.60 Å². The number of rotatable bonds is 3. The number of nitrogen functional groups attached to an aromatic ring is 1. The van der Waals surface area contributed by atoms with Gasteiger partial charge in [-0.2, -0.15) is 0 Å². The molecule has 0 aromatic heterocycles. The molecule has 0 fully saturated rings. The van der Waals surface area contributed by atoms with E-state index in [0.29, 0.717) is 11.4 Å². The van der Waals surface area contributed by atoms with Gasteiger partial charge < -0.3 is 15.6 Å². The second kappa shape index (κ2) is 3.66. The minimum absolute atomic E-state index is 0.260. The second-order valence-electron chi connectivity index (χ2n) is 3.67. The fourth-order valence-corrected chi connectivity index (χ4v) is 0.864. The molecule has 0 aliphatic carbocycles. The highest BCUT2D eigenvalue weighted by Crippen LogP contribution is 2.15. The lowest BCUT2D eigenvalue weighted by Gasteiger charge is -2.17. The van der Waals surface area contributed by atoms with Crippen molar-refractivity contribution < 1.29 is 9.84 Å². The predicted molar refractivity (Wildman–Crippen MR) is 52.6 cm³/mol. The van der Waals surface area contributed by atoms with Crippen LogP contribution in [0.15, 0.2) is 24.3 Å². The van der Waals surface area contributed by atoms with Crippen molar-refractivity contribution in [2.45, 2.75) is 19.4 Å². The molecule has 0 heterocycles. The maximum atomic E-state index is 9.39. The number of anilines is 1. The van der Waals surface area contributed by atoms with Gasteiger partial charge in [-0.25, -0.2) is 0 Å². The van der Waals surface area contributed by atoms with Crippen molar-refractivity contribution >= 4 is 5.69 Å². The van der Waals surface area contributed by atoms with Crippen LogP contribution in [0.1, 0.15) is 13.8 Å². The zero-order chi connectivity index (χ0) is 9.90. The lowest BCUT2D eigenvalue weighted by molar-refractivity contribution is 0.0285. The molecule has 0 amide bonds. The Bertz CT molecular complexity index is 278. The molecule has 0 unspecified atom stereocenters. The normalized spacial score (nSPS) is 11.3. The van der Waals surface area contributed by atoms with E-state index in [4.69, 9.17) is 10.5 Å². The summed E-state index contributed by atoms with van der Waals surface area (Å²) in [6.07, 6.45) is 0. The van der Waals surface area contributed by atoms with Crippen molar-refractivity contribution in [1.29, 1.82) is 0 Å². The molecule has 0 aliphatic rings. The monoisotopic (exact) mass is 181 g/mol. The van der Waals surface area contributed by atoms with E-state index in [-0.39, 0.29) is 6.61 Å². The fraction of sp³-hybridized carbons (Fsp3) is 0.400. The maximum Gasteiger partial charge on any atom is 0.121 e. The van der Waals surface area contributed by atoms with Gasteiger partial charge in [-0.15, -0.1) is 0 Å². The summed E-state index contributed by atoms with van der Waals surface area (Å²) in [5, 5.41) is 9.39. The minimum atomic E-state index is -0.815. The van der Waals surface area contributed by atoms with Gasteiger partial charge in [-0.3, -0.25) is 0 Å². The van der Waals surface area contributed by atoms with Crippen molar-refractivity contribution in [3.8, 4) is 5.75 Å². The number of ether oxygens (including phenoxy) is 1. The molecule has 72 valence electrons. The van der Waals surface area contributed by atoms with E-state index in [1.807, 2.05) is 12.1 Å². The number of benzene rings is 1. The highest BCUT2D eigenvalue weighted by Gasteiger charge is 2.12. The molecule has 3 nitrogen and oxygen atoms in total. The van der Waals surface area contributed by atoms with E-state index in [1.165, 1.54) is 0 Å². The Balaban J connectivity index is 2.55. The first-order valence-electron chi connectivity index (χ1n) is 4.18. The average Bonchev–Trinajstić information content (AvgIpc) is 2.00. The first-order valence-corrected chi connectivity index (χ1v) is 4.18. The zero-order valence-corrected chi connectivity index (χ0v) is 7.95. The largest absolute Gasteiger partial charge is 0.491 e. The highest BCUT2D eigenvalue weighted by molar-refractivity contribution is 5.43. The van der Waals surface area contributed by atoms with Crippen LogP contribution in [0.5, 0.6) is 5.75 Å². The summed E-state index contributed by atoms with van der Waals surface area (Å²) in [5.74, 6) is 0.683. The molecular weight excluding hydrogens is 166 g/mol. The van der Waals surface area contributed by atoms with E-state index in [0.717, 1.165) is 0 Å². The highest BCUT2D eigenvalue weighted by atomic mass is 16.5. The summed E-state index contributed by atoms with van der Waals surface area (Å²) in [6.45, 7) is 3.65. The van der Waals surface area contributed by atoms with Gasteiger partial charge in [0, 0.05) is 11.8 Å². The summed E-state index contributed by atoms with van der Waals surface area (Å²) < 4.78 is 5.32. The third-order valence-corrected chi connectivity index (χ3v) is 1.45. The lowest BCUT2D eigenvalue weighted by atomic mass is 10.2. The van der Waals surface area contributed by atoms with E-state index in [9.17, 15) is 5.11 Å². The topological polar surface area (TPSA) is 55.5 Å². The van der Waals surface area contributed by atoms with Crippen LogP contribution in [-0.4, -0.2) is 17.3 Å². The van der Waals surface area contributed by atoms with Crippen molar-refractivity contribution in [2.24, 2.45) is 0 Å². The summed E-state index contributed by atoms with van der Waals surface area (Å²) in [7, 11) is 0. The van der Waals surface area contributed by atoms with Crippen molar-refractivity contribution in [2.75, 3.05) is 12.3 Å². The SMILES string of the molecule is CC(C)(O)COc1cccc(N)c1. The molecule has 0 aliphatic heterocycles. The van der Waals surface area contributed by atoms with E-state index >= 15 is 0 Å². The Kier molecular flexibility index (Phi) is 2.78. The standard InChI is InChI=1S/C10H15NO2/c1-10(2,12)7-13-9-5-3-4-8(11)6-9/h3-6,12H,7,11H2,1-2H3. The first-order chi connectivity index (χ1) is 5.97. The third kappa shape index (κ3) is 3.80. The number of nitrogens with two attached hydrogens (primary N) is 1. The summed E-state index contributed by atoms with van der Waals surface area (Å²) in [4.78, 5) is 0. The molecular formula is C10H15NO2. The van der Waals surface area contributed by atoms with Crippen LogP contribution >= 0.6 is 0 Å². The molecule has 0 saturated heterocycles. The molecule has 0 bridgehead atoms. The Morgan fingerprint density at radius 2 is 2.15 bits per heavy atom. The molecule has 3 heteroatoms. The van der Waals surface area contributed by atoms with Crippen LogP contribution in [0, 0.1) is 0 Å². The smallest absolute Gasteiger partial charge is 0.121 e. The number of hydrogen-bond acceptors (Lipinski definition) is 3. The predicted octanol–water partition coefficient (Wildman–Crippen LogP) is 1.42. The van der Waals surface area contributed by atoms with Gasteiger partial charge in [0.25, 0.3) is 0 Å². The Morgan fingerprint density at radius 1 is 1.46 bits per heavy atom. The fourth-order valence-electron chi connectivity index (χ4n) is 0.864. The van der Waals surface area contributed by atoms with Crippen molar-refractivity contribution in [3.05, 3.63) is 24.3 Å². The molecule has 13 heavy (non-hydrogen) atoms. The van der Waals surface area contributed by atoms with E-state index in [1.54, 1.807) is 26.0 Å². The van der Waals surface area contributed by atoms with E-state index < -0.39 is 5.60 Å². The van der Waals surface area contributed by atoms with Crippen LogP contribution in [0.2, 0.25) is 0 Å². The number of aliphatic hydroxyl groups is 1. The summed E-state index contributed by atoms with van der Waals surface area (Å²) >= 11 is 0. The summed E-state index contributed by atoms with van der Waals surface area (Å²) in [5.41, 5.74) is 5.40. The van der Waals surface area contributed by atoms with Crippen LogP contribution < -0.4 is 10.5 Å². The van der Waals surface area contributed by atoms with Crippen molar-refractivity contribution in [1.82, 2.24) is 0 Å². The summed E-state index contributed by atoms with van der Waals surface area (Å²) in [6, 6.07) is 7.14. The van der Waals surface area contributed by atoms with Gasteiger partial charge in [0.15, 0.2) is 0 Å². The van der Waals surface area contributed by atoms with Gasteiger partial charge >= 0.3 is 0 Å². The second-order valence-corrected chi connectivity index (χ2v) is 3.67. The first kappa shape index (κ1) is 9.86. The van der Waals surface area contributed by atoms with Gasteiger partial charge in [0.1, 0.15) is 12.4 Å². The molecule has 1 aromatic rings. The molecule has 0 atom stereocenters. The van der Waals surface area contributed by atoms with Crippen LogP contribution in [0.4, 0.5) is 5.69 Å². The van der Waals surface area contributed by atoms with Crippen LogP contribution in [0.25, 0.3) is 0 Å². The quantitative estimate of drug-likeness (QED) is 0.693. The minimum Gasteiger partial charge on any atom is -0.491 e. The van der Waals surface area contributed by atoms with Gasteiger partial charge in [0.2, 0.25) is 0 Å². The molecule has 0 radical (unpaired) electrons. The molecule has 3 N–H and O–H groups in total. The van der Waals surface area contributed by atoms with Gasteiger partial charge in [-0.05, 0) is 26.0 Å². The molecule has 0 spiro atoms. The number of hydrogen-bond donors (Lipinski definition) is 2. The van der Waals surface area contributed by atoms with Crippen molar-refractivity contribution in [3.63, 3.8) is 0 Å². The third-order valence-electron chi connectivity index (χ3n) is 1.45. The van der Waals surface area contributed by atoms with Gasteiger partial charge in [-0.1, -0.05) is 6.07 Å². The maximum absolute atomic E-state index is 9.39. The Morgan fingerprint density at radius 3 is 2.69 bits per heavy atom. The molecule has 1 rings (SSSR count). The molecule has 1 aromatic carbocycles.